The Morgan fingerprint density at radius 2 is 2.11 bits per heavy atom. The SMILES string of the molecule is COCCOc1cc([N+](=O)[O-])c(C(=O)N2CCCC(C(C)N)C2)cc1OC. The summed E-state index contributed by atoms with van der Waals surface area (Å²) in [5, 5.41) is 11.6. The van der Waals surface area contributed by atoms with Crippen molar-refractivity contribution in [2.75, 3.05) is 40.5 Å². The Bertz CT molecular complexity index is 679. The Morgan fingerprint density at radius 3 is 2.70 bits per heavy atom. The molecular weight excluding hydrogens is 354 g/mol. The molecule has 1 heterocycles. The molecule has 1 amide bonds. The van der Waals surface area contributed by atoms with E-state index in [2.05, 4.69) is 0 Å². The lowest BCUT2D eigenvalue weighted by Gasteiger charge is -2.34. The first kappa shape index (κ1) is 20.9. The summed E-state index contributed by atoms with van der Waals surface area (Å²) in [7, 11) is 2.95. The van der Waals surface area contributed by atoms with Crippen LogP contribution in [0.5, 0.6) is 11.5 Å². The van der Waals surface area contributed by atoms with Crippen molar-refractivity contribution in [3.05, 3.63) is 27.8 Å². The molecule has 0 aliphatic carbocycles. The lowest BCUT2D eigenvalue weighted by Crippen LogP contribution is -2.45. The third kappa shape index (κ3) is 5.08. The Labute approximate surface area is 158 Å². The second-order valence-electron chi connectivity index (χ2n) is 6.63. The highest BCUT2D eigenvalue weighted by Gasteiger charge is 2.31. The maximum Gasteiger partial charge on any atom is 0.286 e. The average molecular weight is 381 g/mol. The Kier molecular flexibility index (Phi) is 7.37. The van der Waals surface area contributed by atoms with Crippen LogP contribution in [-0.2, 0) is 4.74 Å². The molecule has 2 N–H and O–H groups in total. The number of piperidine rings is 1. The number of benzene rings is 1. The number of ether oxygens (including phenoxy) is 3. The first-order valence-corrected chi connectivity index (χ1v) is 8.92. The predicted molar refractivity (Wildman–Crippen MR) is 99.3 cm³/mol. The number of methoxy groups -OCH3 is 2. The monoisotopic (exact) mass is 381 g/mol. The number of nitro groups is 1. The highest BCUT2D eigenvalue weighted by molar-refractivity contribution is 5.99. The van der Waals surface area contributed by atoms with Crippen LogP contribution in [0.15, 0.2) is 12.1 Å². The Hall–Kier alpha value is -2.39. The number of carbonyl (C=O) groups excluding carboxylic acids is 1. The van der Waals surface area contributed by atoms with Gasteiger partial charge in [0.25, 0.3) is 11.6 Å². The molecule has 0 saturated carbocycles. The molecule has 0 bridgehead atoms. The number of nitrogens with zero attached hydrogens (tertiary/aromatic N) is 2. The van der Waals surface area contributed by atoms with Crippen LogP contribution in [0.25, 0.3) is 0 Å². The molecule has 2 atom stereocenters. The molecule has 1 aromatic carbocycles. The second kappa shape index (κ2) is 9.52. The van der Waals surface area contributed by atoms with Gasteiger partial charge in [0, 0.05) is 32.3 Å². The van der Waals surface area contributed by atoms with Crippen LogP contribution in [0.4, 0.5) is 5.69 Å². The van der Waals surface area contributed by atoms with Crippen molar-refractivity contribution in [3.63, 3.8) is 0 Å². The summed E-state index contributed by atoms with van der Waals surface area (Å²) >= 11 is 0. The van der Waals surface area contributed by atoms with Gasteiger partial charge in [0.15, 0.2) is 11.5 Å². The van der Waals surface area contributed by atoms with Crippen LogP contribution in [0, 0.1) is 16.0 Å². The van der Waals surface area contributed by atoms with Crippen molar-refractivity contribution in [1.29, 1.82) is 0 Å². The number of likely N-dealkylation sites (tertiary alicyclic amines) is 1. The van der Waals surface area contributed by atoms with Crippen LogP contribution >= 0.6 is 0 Å². The van der Waals surface area contributed by atoms with Crippen LogP contribution in [-0.4, -0.2) is 62.3 Å². The number of nitrogens with two attached hydrogens (primary N) is 1. The molecule has 0 spiro atoms. The van der Waals surface area contributed by atoms with Gasteiger partial charge < -0.3 is 24.8 Å². The zero-order chi connectivity index (χ0) is 20.0. The molecule has 1 fully saturated rings. The molecule has 150 valence electrons. The van der Waals surface area contributed by atoms with E-state index in [4.69, 9.17) is 19.9 Å². The Balaban J connectivity index is 2.33. The highest BCUT2D eigenvalue weighted by atomic mass is 16.6. The fraction of sp³-hybridized carbons (Fsp3) is 0.611. The highest BCUT2D eigenvalue weighted by Crippen LogP contribution is 2.36. The van der Waals surface area contributed by atoms with Gasteiger partial charge in [0.1, 0.15) is 12.2 Å². The van der Waals surface area contributed by atoms with Gasteiger partial charge >= 0.3 is 0 Å². The summed E-state index contributed by atoms with van der Waals surface area (Å²) in [5.74, 6) is 0.250. The van der Waals surface area contributed by atoms with Gasteiger partial charge in [-0.1, -0.05) is 0 Å². The largest absolute Gasteiger partial charge is 0.493 e. The zero-order valence-corrected chi connectivity index (χ0v) is 16.0. The van der Waals surface area contributed by atoms with Crippen LogP contribution in [0.3, 0.4) is 0 Å². The normalized spacial score (nSPS) is 18.1. The predicted octanol–water partition coefficient (Wildman–Crippen LogP) is 1.83. The minimum atomic E-state index is -0.581. The van der Waals surface area contributed by atoms with E-state index in [1.165, 1.54) is 26.4 Å². The van der Waals surface area contributed by atoms with Gasteiger partial charge in [-0.05, 0) is 25.7 Å². The van der Waals surface area contributed by atoms with Crippen molar-refractivity contribution in [2.45, 2.75) is 25.8 Å². The van der Waals surface area contributed by atoms with Crippen molar-refractivity contribution in [2.24, 2.45) is 11.7 Å². The molecule has 2 rings (SSSR count). The molecule has 1 aliphatic rings. The summed E-state index contributed by atoms with van der Waals surface area (Å²) in [4.78, 5) is 25.6. The fourth-order valence-corrected chi connectivity index (χ4v) is 3.17. The quantitative estimate of drug-likeness (QED) is 0.415. The van der Waals surface area contributed by atoms with E-state index in [1.54, 1.807) is 4.90 Å². The average Bonchev–Trinajstić information content (AvgIpc) is 2.67. The van der Waals surface area contributed by atoms with Gasteiger partial charge in [-0.15, -0.1) is 0 Å². The first-order valence-electron chi connectivity index (χ1n) is 8.92. The maximum atomic E-state index is 13.0. The maximum absolute atomic E-state index is 13.0. The van der Waals surface area contributed by atoms with Crippen LogP contribution in [0.1, 0.15) is 30.1 Å². The summed E-state index contributed by atoms with van der Waals surface area (Å²) < 4.78 is 15.7. The second-order valence-corrected chi connectivity index (χ2v) is 6.63. The van der Waals surface area contributed by atoms with Gasteiger partial charge in [-0.2, -0.15) is 0 Å². The molecule has 1 aromatic rings. The number of hydrogen-bond acceptors (Lipinski definition) is 7. The van der Waals surface area contributed by atoms with Gasteiger partial charge in [-0.3, -0.25) is 14.9 Å². The van der Waals surface area contributed by atoms with Crippen LogP contribution < -0.4 is 15.2 Å². The molecule has 0 radical (unpaired) electrons. The number of rotatable bonds is 8. The standard InChI is InChI=1S/C18H27N3O6/c1-12(19)13-5-4-6-20(11-13)18(22)14-9-16(26-3)17(27-8-7-25-2)10-15(14)21(23)24/h9-10,12-13H,4-8,11,19H2,1-3H3. The van der Waals surface area contributed by atoms with Gasteiger partial charge in [0.05, 0.1) is 24.7 Å². The van der Waals surface area contributed by atoms with Crippen molar-refractivity contribution < 1.29 is 23.9 Å². The lowest BCUT2D eigenvalue weighted by molar-refractivity contribution is -0.385. The van der Waals surface area contributed by atoms with E-state index in [9.17, 15) is 14.9 Å². The molecule has 0 aromatic heterocycles. The molecule has 1 aliphatic heterocycles. The third-order valence-electron chi connectivity index (χ3n) is 4.74. The van der Waals surface area contributed by atoms with E-state index < -0.39 is 10.8 Å². The number of amides is 1. The van der Waals surface area contributed by atoms with Crippen LogP contribution in [0.2, 0.25) is 0 Å². The van der Waals surface area contributed by atoms with Crippen molar-refractivity contribution in [1.82, 2.24) is 4.90 Å². The minimum Gasteiger partial charge on any atom is -0.493 e. The summed E-state index contributed by atoms with van der Waals surface area (Å²) in [6.07, 6.45) is 1.76. The smallest absolute Gasteiger partial charge is 0.286 e. The van der Waals surface area contributed by atoms with E-state index in [0.717, 1.165) is 12.8 Å². The first-order chi connectivity index (χ1) is 12.9. The summed E-state index contributed by atoms with van der Waals surface area (Å²) in [6, 6.07) is 2.56. The van der Waals surface area contributed by atoms with E-state index >= 15 is 0 Å². The third-order valence-corrected chi connectivity index (χ3v) is 4.74. The van der Waals surface area contributed by atoms with Crippen molar-refractivity contribution in [3.8, 4) is 11.5 Å². The molecule has 27 heavy (non-hydrogen) atoms. The van der Waals surface area contributed by atoms with Crippen molar-refractivity contribution >= 4 is 11.6 Å². The molecule has 1 saturated heterocycles. The fourth-order valence-electron chi connectivity index (χ4n) is 3.17. The zero-order valence-electron chi connectivity index (χ0n) is 16.0. The Morgan fingerprint density at radius 1 is 1.37 bits per heavy atom. The lowest BCUT2D eigenvalue weighted by atomic mass is 9.91. The topological polar surface area (TPSA) is 117 Å². The summed E-state index contributed by atoms with van der Waals surface area (Å²) in [6.45, 7) is 3.48. The molecule has 9 heteroatoms. The van der Waals surface area contributed by atoms with E-state index in [0.29, 0.717) is 19.7 Å². The van der Waals surface area contributed by atoms with Gasteiger partial charge in [0.2, 0.25) is 0 Å². The van der Waals surface area contributed by atoms with E-state index in [1.807, 2.05) is 6.92 Å². The molecule has 9 nitrogen and oxygen atoms in total. The molecular formula is C18H27N3O6. The number of carbonyl (C=O) groups is 1. The van der Waals surface area contributed by atoms with Gasteiger partial charge in [-0.25, -0.2) is 0 Å². The minimum absolute atomic E-state index is 0.0127. The summed E-state index contributed by atoms with van der Waals surface area (Å²) in [5.41, 5.74) is 5.65. The molecule has 2 unspecified atom stereocenters. The number of nitro benzene ring substituents is 1. The number of hydrogen-bond donors (Lipinski definition) is 1. The van der Waals surface area contributed by atoms with E-state index in [-0.39, 0.29) is 41.3 Å².